The number of carbonyl (C=O) groups excluding carboxylic acids is 6. The SMILES string of the molecule is CN1CCN([C@@H]2CCCN(C3CNC(C(N)=O)C(NC4CCC(C5CCN(CC6CN(C7CCC8C(=O)N([C@@H]9CCC(=O)NC9=O)C(=O)C8C7)C6)CC5)NC4)N3)C2)C1=O. The molecule has 9 aliphatic rings. The molecule has 9 fully saturated rings. The van der Waals surface area contributed by atoms with E-state index in [0.717, 1.165) is 97.6 Å². The Balaban J connectivity index is 0.685. The average Bonchev–Trinajstić information content (AvgIpc) is 3.69. The summed E-state index contributed by atoms with van der Waals surface area (Å²) in [6.45, 7) is 10.2. The number of nitrogens with two attached hydrogens (primary N) is 1. The second-order valence-corrected chi connectivity index (χ2v) is 19.2. The molecule has 8 unspecified atom stereocenters. The van der Waals surface area contributed by atoms with Crippen LogP contribution >= 0.6 is 0 Å². The maximum absolute atomic E-state index is 13.4. The molecule has 8 aliphatic heterocycles. The Labute approximate surface area is 347 Å². The Hall–Kier alpha value is -3.26. The minimum Gasteiger partial charge on any atom is -0.368 e. The smallest absolute Gasteiger partial charge is 0.320 e. The second-order valence-electron chi connectivity index (χ2n) is 19.2. The number of amides is 7. The lowest BCUT2D eigenvalue weighted by Crippen LogP contribution is -2.74. The number of likely N-dealkylation sites (N-methyl/N-ethyl adjacent to an activating group) is 1. The first-order chi connectivity index (χ1) is 28.5. The highest BCUT2D eigenvalue weighted by atomic mass is 16.2. The third-order valence-electron chi connectivity index (χ3n) is 15.6. The molecule has 0 spiro atoms. The number of primary amides is 1. The number of rotatable bonds is 10. The highest BCUT2D eigenvalue weighted by Gasteiger charge is 2.55. The molecule has 18 nitrogen and oxygen atoms in total. The molecule has 18 heteroatoms. The summed E-state index contributed by atoms with van der Waals surface area (Å²) in [4.78, 5) is 88.7. The highest BCUT2D eigenvalue weighted by molar-refractivity contribution is 6.10. The van der Waals surface area contributed by atoms with Gasteiger partial charge in [-0.1, -0.05) is 0 Å². The zero-order chi connectivity index (χ0) is 40.9. The van der Waals surface area contributed by atoms with E-state index < -0.39 is 18.0 Å². The second kappa shape index (κ2) is 17.2. The van der Waals surface area contributed by atoms with Crippen LogP contribution in [0, 0.1) is 23.7 Å². The van der Waals surface area contributed by atoms with E-state index in [0.29, 0.717) is 43.3 Å². The topological polar surface area (TPSA) is 208 Å². The van der Waals surface area contributed by atoms with Gasteiger partial charge in [0.1, 0.15) is 12.1 Å². The van der Waals surface area contributed by atoms with Gasteiger partial charge in [0.25, 0.3) is 0 Å². The molecule has 0 radical (unpaired) electrons. The number of nitrogens with zero attached hydrogens (tertiary/aromatic N) is 6. The van der Waals surface area contributed by atoms with Crippen LogP contribution in [0.1, 0.15) is 70.6 Å². The van der Waals surface area contributed by atoms with Gasteiger partial charge in [0.15, 0.2) is 0 Å². The third kappa shape index (κ3) is 8.39. The molecule has 0 aromatic rings. The van der Waals surface area contributed by atoms with E-state index in [2.05, 4.69) is 41.3 Å². The van der Waals surface area contributed by atoms with Crippen LogP contribution in [0.3, 0.4) is 0 Å². The molecule has 0 aromatic carbocycles. The van der Waals surface area contributed by atoms with Crippen LogP contribution in [0.4, 0.5) is 4.79 Å². The van der Waals surface area contributed by atoms with Crippen LogP contribution in [0.15, 0.2) is 0 Å². The minimum atomic E-state index is -0.859. The summed E-state index contributed by atoms with van der Waals surface area (Å²) in [5, 5.41) is 17.1. The number of fused-ring (bicyclic) bond motifs is 1. The molecule has 7 N–H and O–H groups in total. The van der Waals surface area contributed by atoms with Crippen molar-refractivity contribution in [3.8, 4) is 0 Å². The first-order valence-electron chi connectivity index (χ1n) is 22.7. The summed E-state index contributed by atoms with van der Waals surface area (Å²) >= 11 is 0. The van der Waals surface area contributed by atoms with Crippen LogP contribution in [-0.2, 0) is 24.0 Å². The number of urea groups is 1. The minimum absolute atomic E-state index is 0.0448. The molecule has 8 heterocycles. The summed E-state index contributed by atoms with van der Waals surface area (Å²) in [6.07, 6.45) is 8.94. The predicted molar refractivity (Wildman–Crippen MR) is 216 cm³/mol. The van der Waals surface area contributed by atoms with Crippen molar-refractivity contribution in [3.05, 3.63) is 0 Å². The molecule has 0 bridgehead atoms. The Morgan fingerprint density at radius 3 is 2.31 bits per heavy atom. The van der Waals surface area contributed by atoms with E-state index in [-0.39, 0.29) is 78.8 Å². The lowest BCUT2D eigenvalue weighted by molar-refractivity contribution is -0.151. The molecular weight excluding hydrogens is 757 g/mol. The van der Waals surface area contributed by atoms with E-state index >= 15 is 0 Å². The quantitative estimate of drug-likeness (QED) is 0.130. The molecule has 9 rings (SSSR count). The van der Waals surface area contributed by atoms with Crippen molar-refractivity contribution < 1.29 is 28.8 Å². The van der Waals surface area contributed by atoms with Gasteiger partial charge in [0, 0.05) is 90.0 Å². The van der Waals surface area contributed by atoms with Crippen LogP contribution in [0.25, 0.3) is 0 Å². The Kier molecular flexibility index (Phi) is 12.0. The predicted octanol–water partition coefficient (Wildman–Crippen LogP) is -2.17. The lowest BCUT2D eigenvalue weighted by atomic mass is 9.76. The number of imide groups is 2. The van der Waals surface area contributed by atoms with Crippen LogP contribution in [-0.4, -0.2) is 193 Å². The van der Waals surface area contributed by atoms with Gasteiger partial charge in [-0.3, -0.25) is 54.6 Å². The van der Waals surface area contributed by atoms with Crippen molar-refractivity contribution in [1.29, 1.82) is 0 Å². The van der Waals surface area contributed by atoms with Crippen LogP contribution < -0.4 is 32.3 Å². The van der Waals surface area contributed by atoms with Gasteiger partial charge in [0.05, 0.1) is 24.2 Å². The number of likely N-dealkylation sites (tertiary alicyclic amines) is 4. The standard InChI is InChI=1S/C41H66N12O6/c1-48-15-16-52(41(48)59)28-3-2-12-50(23-28)33-19-44-35(36(42)55)37(46-33)45-26-4-7-31(43-18-26)25-10-13-49(14-11-25)20-24-21-51(22-24)27-5-6-29-30(17-27)40(58)53(39(29)57)32-8-9-34(54)47-38(32)56/h24-33,35,37,43-46H,2-23H2,1H3,(H2,42,55)(H,47,54,56)/t26?,27?,28-,29?,30?,31?,32-,33?,35?,37?/m1/s1. The van der Waals surface area contributed by atoms with E-state index in [1.54, 1.807) is 4.90 Å². The van der Waals surface area contributed by atoms with Gasteiger partial charge in [-0.25, -0.2) is 4.79 Å². The van der Waals surface area contributed by atoms with Gasteiger partial charge in [-0.05, 0) is 95.7 Å². The number of nitrogens with one attached hydrogen (secondary N) is 5. The van der Waals surface area contributed by atoms with Crippen molar-refractivity contribution >= 4 is 35.6 Å². The molecular formula is C41H66N12O6. The van der Waals surface area contributed by atoms with Crippen molar-refractivity contribution in [2.75, 3.05) is 79.0 Å². The number of piperazine rings is 1. The third-order valence-corrected chi connectivity index (χ3v) is 15.6. The average molecular weight is 823 g/mol. The molecule has 7 amide bonds. The number of carbonyl (C=O) groups is 6. The van der Waals surface area contributed by atoms with Crippen LogP contribution in [0.2, 0.25) is 0 Å². The first-order valence-corrected chi connectivity index (χ1v) is 22.7. The van der Waals surface area contributed by atoms with Crippen molar-refractivity contribution in [3.63, 3.8) is 0 Å². The normalized spacial score (nSPS) is 38.8. The van der Waals surface area contributed by atoms with Crippen molar-refractivity contribution in [2.45, 2.75) is 119 Å². The largest absolute Gasteiger partial charge is 0.368 e. The molecule has 10 atom stereocenters. The fraction of sp³-hybridized carbons (Fsp3) is 0.854. The van der Waals surface area contributed by atoms with Crippen molar-refractivity contribution in [2.24, 2.45) is 29.4 Å². The van der Waals surface area contributed by atoms with Crippen LogP contribution in [0.5, 0.6) is 0 Å². The van der Waals surface area contributed by atoms with E-state index in [1.807, 2.05) is 11.9 Å². The number of hydrogen-bond acceptors (Lipinski definition) is 13. The summed E-state index contributed by atoms with van der Waals surface area (Å²) in [5.41, 5.74) is 5.89. The van der Waals surface area contributed by atoms with E-state index in [1.165, 1.54) is 17.7 Å². The highest BCUT2D eigenvalue weighted by Crippen LogP contribution is 2.42. The van der Waals surface area contributed by atoms with Gasteiger partial charge in [0.2, 0.25) is 29.5 Å². The lowest BCUT2D eigenvalue weighted by Gasteiger charge is -2.49. The summed E-state index contributed by atoms with van der Waals surface area (Å²) in [6, 6.07) is -0.0135. The van der Waals surface area contributed by atoms with Gasteiger partial charge in [-0.2, -0.15) is 0 Å². The fourth-order valence-electron chi connectivity index (χ4n) is 12.2. The fourth-order valence-corrected chi connectivity index (χ4v) is 12.2. The maximum Gasteiger partial charge on any atom is 0.320 e. The van der Waals surface area contributed by atoms with Gasteiger partial charge >= 0.3 is 6.03 Å². The maximum atomic E-state index is 13.4. The van der Waals surface area contributed by atoms with E-state index in [9.17, 15) is 28.8 Å². The Morgan fingerprint density at radius 1 is 0.797 bits per heavy atom. The molecule has 1 saturated carbocycles. The zero-order valence-electron chi connectivity index (χ0n) is 34.7. The Morgan fingerprint density at radius 2 is 1.59 bits per heavy atom. The summed E-state index contributed by atoms with van der Waals surface area (Å²) in [5.74, 6) is -1.12. The molecule has 326 valence electrons. The number of piperidine rings is 4. The van der Waals surface area contributed by atoms with Gasteiger partial charge < -0.3 is 31.1 Å². The molecule has 0 aromatic heterocycles. The Bertz CT molecular complexity index is 1630. The zero-order valence-corrected chi connectivity index (χ0v) is 34.7. The van der Waals surface area contributed by atoms with Crippen molar-refractivity contribution in [1.82, 2.24) is 56.0 Å². The summed E-state index contributed by atoms with van der Waals surface area (Å²) in [7, 11) is 1.87. The van der Waals surface area contributed by atoms with Gasteiger partial charge in [-0.15, -0.1) is 0 Å². The first kappa shape index (κ1) is 41.1. The summed E-state index contributed by atoms with van der Waals surface area (Å²) < 4.78 is 0. The molecule has 59 heavy (non-hydrogen) atoms. The van der Waals surface area contributed by atoms with E-state index in [4.69, 9.17) is 5.73 Å². The molecule has 8 saturated heterocycles. The number of hydrogen-bond donors (Lipinski definition) is 6. The molecule has 1 aliphatic carbocycles. The monoisotopic (exact) mass is 823 g/mol.